The minimum Gasteiger partial charge on any atom is -0.363 e. The number of fused-ring (bicyclic) bond motifs is 1. The molecule has 5 aliphatic rings. The lowest BCUT2D eigenvalue weighted by atomic mass is 9.73. The lowest BCUT2D eigenvalue weighted by molar-refractivity contribution is -0.143. The van der Waals surface area contributed by atoms with Crippen LogP contribution in [0.3, 0.4) is 0 Å². The quantitative estimate of drug-likeness (QED) is 0.289. The molecule has 1 aromatic heterocycles. The summed E-state index contributed by atoms with van der Waals surface area (Å²) in [5, 5.41) is 8.92. The van der Waals surface area contributed by atoms with Crippen LogP contribution in [0.1, 0.15) is 105 Å². The minimum atomic E-state index is -1.07. The number of nitrogens with two attached hydrogens (primary N) is 1. The van der Waals surface area contributed by atoms with Gasteiger partial charge < -0.3 is 26.6 Å². The molecule has 250 valence electrons. The van der Waals surface area contributed by atoms with Gasteiger partial charge in [-0.15, -0.1) is 0 Å². The molecule has 0 bridgehead atoms. The van der Waals surface area contributed by atoms with Gasteiger partial charge in [-0.3, -0.25) is 24.2 Å². The van der Waals surface area contributed by atoms with Crippen LogP contribution in [-0.2, 0) is 24.7 Å². The van der Waals surface area contributed by atoms with E-state index in [0.717, 1.165) is 57.1 Å². The van der Waals surface area contributed by atoms with Gasteiger partial charge in [0.1, 0.15) is 12.1 Å². The van der Waals surface area contributed by atoms with Crippen LogP contribution < -0.4 is 21.7 Å². The number of rotatable bonds is 10. The van der Waals surface area contributed by atoms with Crippen molar-refractivity contribution >= 4 is 29.5 Å². The van der Waals surface area contributed by atoms with Crippen molar-refractivity contribution in [1.29, 1.82) is 0 Å². The molecule has 5 amide bonds. The molecule has 0 aromatic carbocycles. The minimum absolute atomic E-state index is 0.0605. The number of pyridine rings is 1. The van der Waals surface area contributed by atoms with E-state index in [1.165, 1.54) is 0 Å². The molecular formula is C35H50N6O5. The fraction of sp³-hybridized carbons (Fsp3) is 0.714. The van der Waals surface area contributed by atoms with Gasteiger partial charge in [0.05, 0.1) is 17.3 Å². The third kappa shape index (κ3) is 5.08. The van der Waals surface area contributed by atoms with Crippen molar-refractivity contribution in [3.63, 3.8) is 0 Å². The zero-order chi connectivity index (χ0) is 33.3. The van der Waals surface area contributed by atoms with Crippen LogP contribution in [0.5, 0.6) is 0 Å². The largest absolute Gasteiger partial charge is 0.363 e. The molecular weight excluding hydrogens is 584 g/mol. The average Bonchev–Trinajstić information content (AvgIpc) is 3.73. The molecule has 6 rings (SSSR count). The second kappa shape index (κ2) is 11.0. The molecule has 4 atom stereocenters. The van der Waals surface area contributed by atoms with Crippen LogP contribution in [0.2, 0.25) is 0 Å². The molecule has 4 saturated carbocycles. The van der Waals surface area contributed by atoms with Crippen molar-refractivity contribution < 1.29 is 24.0 Å². The Morgan fingerprint density at radius 1 is 1.00 bits per heavy atom. The molecule has 4 aliphatic carbocycles. The number of ketones is 1. The third-order valence-electron chi connectivity index (χ3n) is 12.7. The summed E-state index contributed by atoms with van der Waals surface area (Å²) in [6.07, 6.45) is 10.2. The molecule has 1 aliphatic heterocycles. The topological polar surface area (TPSA) is 164 Å². The number of amides is 5. The Bertz CT molecular complexity index is 1420. The second-order valence-corrected chi connectivity index (χ2v) is 16.3. The highest BCUT2D eigenvalue weighted by molar-refractivity contribution is 6.37. The normalized spacial score (nSPS) is 27.9. The van der Waals surface area contributed by atoms with Crippen LogP contribution in [0, 0.1) is 27.6 Å². The summed E-state index contributed by atoms with van der Waals surface area (Å²) in [6, 6.07) is 2.38. The first-order valence-electron chi connectivity index (χ1n) is 17.0. The molecule has 46 heavy (non-hydrogen) atoms. The van der Waals surface area contributed by atoms with Gasteiger partial charge in [-0.1, -0.05) is 66.4 Å². The van der Waals surface area contributed by atoms with Gasteiger partial charge in [-0.05, 0) is 72.8 Å². The van der Waals surface area contributed by atoms with E-state index in [1.54, 1.807) is 11.1 Å². The van der Waals surface area contributed by atoms with Crippen molar-refractivity contribution in [2.45, 2.75) is 122 Å². The maximum Gasteiger partial charge on any atom is 0.316 e. The number of nitrogens with one attached hydrogen (secondary N) is 3. The highest BCUT2D eigenvalue weighted by atomic mass is 16.2. The second-order valence-electron chi connectivity index (χ2n) is 16.3. The van der Waals surface area contributed by atoms with Gasteiger partial charge in [-0.2, -0.15) is 0 Å². The van der Waals surface area contributed by atoms with Gasteiger partial charge in [0.25, 0.3) is 5.91 Å². The molecule has 1 saturated heterocycles. The summed E-state index contributed by atoms with van der Waals surface area (Å²) in [4.78, 5) is 73.2. The predicted molar refractivity (Wildman–Crippen MR) is 171 cm³/mol. The van der Waals surface area contributed by atoms with E-state index in [1.807, 2.05) is 39.0 Å². The summed E-state index contributed by atoms with van der Waals surface area (Å²) in [7, 11) is 0. The summed E-state index contributed by atoms with van der Waals surface area (Å²) in [5.74, 6) is -2.39. The van der Waals surface area contributed by atoms with E-state index in [-0.39, 0.29) is 28.1 Å². The van der Waals surface area contributed by atoms with E-state index in [2.05, 4.69) is 34.8 Å². The van der Waals surface area contributed by atoms with Crippen molar-refractivity contribution in [3.05, 3.63) is 30.1 Å². The van der Waals surface area contributed by atoms with E-state index < -0.39 is 52.7 Å². The molecule has 2 spiro atoms. The Hall–Kier alpha value is -3.50. The fourth-order valence-electron chi connectivity index (χ4n) is 9.21. The van der Waals surface area contributed by atoms with E-state index in [0.29, 0.717) is 19.4 Å². The first-order chi connectivity index (χ1) is 21.6. The Labute approximate surface area is 271 Å². The number of carbonyl (C=O) groups is 5. The van der Waals surface area contributed by atoms with Crippen LogP contribution in [-0.4, -0.2) is 64.1 Å². The fourth-order valence-corrected chi connectivity index (χ4v) is 9.21. The summed E-state index contributed by atoms with van der Waals surface area (Å²) in [5.41, 5.74) is 4.69. The van der Waals surface area contributed by atoms with Gasteiger partial charge in [0, 0.05) is 18.2 Å². The maximum absolute atomic E-state index is 14.6. The number of aromatic nitrogens is 1. The highest BCUT2D eigenvalue weighted by Crippen LogP contribution is 2.88. The van der Waals surface area contributed by atoms with Gasteiger partial charge in [0.2, 0.25) is 17.6 Å². The monoisotopic (exact) mass is 634 g/mol. The third-order valence-corrected chi connectivity index (χ3v) is 12.7. The molecule has 5 fully saturated rings. The molecule has 1 unspecified atom stereocenters. The number of hydrogen-bond donors (Lipinski definition) is 4. The zero-order valence-corrected chi connectivity index (χ0v) is 27.9. The van der Waals surface area contributed by atoms with Gasteiger partial charge in [-0.25, -0.2) is 4.79 Å². The lowest BCUT2D eigenvalue weighted by Gasteiger charge is -2.36. The number of primary amides is 1. The van der Waals surface area contributed by atoms with E-state index in [9.17, 15) is 24.0 Å². The average molecular weight is 635 g/mol. The Morgan fingerprint density at radius 2 is 1.70 bits per heavy atom. The summed E-state index contributed by atoms with van der Waals surface area (Å²) < 4.78 is 0. The summed E-state index contributed by atoms with van der Waals surface area (Å²) in [6.45, 7) is 10.6. The SMILES string of the molecule is CC(C)(C)[C@H](NC(=O)NC1(c2ccccn2)CC1)C(=O)N1C[C@]2(C[C@H]1C(=O)NC(CC1CCC1)C(=O)C(N)=O)C(C)(C)C21CCC1. The van der Waals surface area contributed by atoms with Crippen LogP contribution >= 0.6 is 0 Å². The first-order valence-corrected chi connectivity index (χ1v) is 17.0. The van der Waals surface area contributed by atoms with Crippen molar-refractivity contribution in [2.75, 3.05) is 6.54 Å². The van der Waals surface area contributed by atoms with Crippen molar-refractivity contribution in [3.8, 4) is 0 Å². The van der Waals surface area contributed by atoms with Gasteiger partial charge in [0.15, 0.2) is 0 Å². The number of urea groups is 1. The Morgan fingerprint density at radius 3 is 2.17 bits per heavy atom. The van der Waals surface area contributed by atoms with Crippen LogP contribution in [0.15, 0.2) is 24.4 Å². The number of carbonyl (C=O) groups excluding carboxylic acids is 5. The maximum atomic E-state index is 14.6. The first kappa shape index (κ1) is 32.4. The van der Waals surface area contributed by atoms with E-state index >= 15 is 0 Å². The summed E-state index contributed by atoms with van der Waals surface area (Å²) >= 11 is 0. The molecule has 0 radical (unpaired) electrons. The van der Waals surface area contributed by atoms with Crippen LogP contribution in [0.25, 0.3) is 0 Å². The molecule has 11 heteroatoms. The molecule has 11 nitrogen and oxygen atoms in total. The highest BCUT2D eigenvalue weighted by Gasteiger charge is 2.85. The van der Waals surface area contributed by atoms with Crippen molar-refractivity contribution in [1.82, 2.24) is 25.8 Å². The predicted octanol–water partition coefficient (Wildman–Crippen LogP) is 3.31. The Kier molecular flexibility index (Phi) is 7.79. The van der Waals surface area contributed by atoms with E-state index in [4.69, 9.17) is 5.73 Å². The molecule has 2 heterocycles. The lowest BCUT2D eigenvalue weighted by Crippen LogP contribution is -2.60. The number of hydrogen-bond acceptors (Lipinski definition) is 6. The Balaban J connectivity index is 1.25. The zero-order valence-electron chi connectivity index (χ0n) is 27.9. The standard InChI is InChI=1S/C35H50N6O5/c1-31(2,3)26(39-30(46)40-33(15-16-33)24-12-6-7-17-37-24)29(45)41-20-35(32(4,5)34(35)13-9-14-34)19-23(41)28(44)38-22(25(42)27(36)43)18-21-10-8-11-21/h6-7,12,17,21-23,26H,8-11,13-16,18-20H2,1-5H3,(H2,36,43)(H,38,44)(H2,39,40,46)/t22?,23-,26+,35+/m0/s1. The van der Waals surface area contributed by atoms with Gasteiger partial charge >= 0.3 is 6.03 Å². The molecule has 1 aromatic rings. The van der Waals surface area contributed by atoms with Crippen molar-refractivity contribution in [2.24, 2.45) is 33.3 Å². The smallest absolute Gasteiger partial charge is 0.316 e. The number of likely N-dealkylation sites (tertiary alicyclic amines) is 1. The number of nitrogens with zero attached hydrogens (tertiary/aromatic N) is 2. The molecule has 5 N–H and O–H groups in total. The number of Topliss-reactive ketones (excluding diaryl/α,β-unsaturated/α-hetero) is 1. The van der Waals surface area contributed by atoms with Crippen LogP contribution in [0.4, 0.5) is 4.79 Å².